The molecule has 1 heterocycles. The number of rotatable bonds is 4. The SMILES string of the molecule is O=C(NCC#Cc1cccc(C(F)(F)F)c1)NCCc1c[nH]c2cc(F)ccc12. The summed E-state index contributed by atoms with van der Waals surface area (Å²) >= 11 is 0. The minimum absolute atomic E-state index is 0.00551. The number of hydrogen-bond donors (Lipinski definition) is 3. The molecular formula is C21H17F4N3O. The molecule has 4 nitrogen and oxygen atoms in total. The number of halogens is 4. The van der Waals surface area contributed by atoms with Crippen molar-refractivity contribution in [2.24, 2.45) is 0 Å². The second-order valence-electron chi connectivity index (χ2n) is 6.24. The van der Waals surface area contributed by atoms with Crippen molar-refractivity contribution in [3.05, 3.63) is 71.2 Å². The topological polar surface area (TPSA) is 56.9 Å². The zero-order valence-corrected chi connectivity index (χ0v) is 15.2. The third-order valence-electron chi connectivity index (χ3n) is 4.17. The Kier molecular flexibility index (Phi) is 6.07. The highest BCUT2D eigenvalue weighted by Gasteiger charge is 2.30. The molecule has 3 N–H and O–H groups in total. The minimum Gasteiger partial charge on any atom is -0.361 e. The fraction of sp³-hybridized carbons (Fsp3) is 0.190. The normalized spacial score (nSPS) is 11.0. The summed E-state index contributed by atoms with van der Waals surface area (Å²) in [7, 11) is 0. The highest BCUT2D eigenvalue weighted by molar-refractivity contribution is 5.83. The Bertz CT molecular complexity index is 1080. The van der Waals surface area contributed by atoms with Crippen molar-refractivity contribution >= 4 is 16.9 Å². The van der Waals surface area contributed by atoms with Gasteiger partial charge in [-0.1, -0.05) is 17.9 Å². The summed E-state index contributed by atoms with van der Waals surface area (Å²) in [5, 5.41) is 6.08. The van der Waals surface area contributed by atoms with Crippen molar-refractivity contribution < 1.29 is 22.4 Å². The van der Waals surface area contributed by atoms with Crippen LogP contribution in [0.5, 0.6) is 0 Å². The zero-order chi connectivity index (χ0) is 20.9. The van der Waals surface area contributed by atoms with Crippen molar-refractivity contribution in [3.8, 4) is 11.8 Å². The molecule has 0 unspecified atom stereocenters. The predicted octanol–water partition coefficient (Wildman–Crippen LogP) is 4.22. The van der Waals surface area contributed by atoms with E-state index in [1.165, 1.54) is 24.3 Å². The fourth-order valence-electron chi connectivity index (χ4n) is 2.78. The van der Waals surface area contributed by atoms with Gasteiger partial charge < -0.3 is 15.6 Å². The number of fused-ring (bicyclic) bond motifs is 1. The Hall–Kier alpha value is -3.47. The Labute approximate surface area is 164 Å². The molecule has 0 aliphatic carbocycles. The maximum atomic E-state index is 13.2. The van der Waals surface area contributed by atoms with E-state index in [0.29, 0.717) is 18.5 Å². The van der Waals surface area contributed by atoms with Gasteiger partial charge in [-0.3, -0.25) is 0 Å². The van der Waals surface area contributed by atoms with Gasteiger partial charge in [0.25, 0.3) is 0 Å². The van der Waals surface area contributed by atoms with Gasteiger partial charge in [-0.15, -0.1) is 0 Å². The lowest BCUT2D eigenvalue weighted by Crippen LogP contribution is -2.36. The van der Waals surface area contributed by atoms with Crippen LogP contribution in [0, 0.1) is 17.7 Å². The highest BCUT2D eigenvalue weighted by Crippen LogP contribution is 2.29. The number of hydrogen-bond acceptors (Lipinski definition) is 1. The Balaban J connectivity index is 1.44. The summed E-state index contributed by atoms with van der Waals surface area (Å²) in [6.07, 6.45) is -2.10. The first-order valence-electron chi connectivity index (χ1n) is 8.76. The molecule has 0 spiro atoms. The molecule has 150 valence electrons. The van der Waals surface area contributed by atoms with Crippen LogP contribution in [0.3, 0.4) is 0 Å². The molecule has 1 aromatic heterocycles. The standard InChI is InChI=1S/C21H17F4N3O/c22-17-6-7-18-15(13-28-19(18)12-17)8-10-27-20(29)26-9-2-4-14-3-1-5-16(11-14)21(23,24)25/h1,3,5-7,11-13,28H,8-10H2,(H2,26,27,29). The van der Waals surface area contributed by atoms with Crippen LogP contribution in [0.1, 0.15) is 16.7 Å². The van der Waals surface area contributed by atoms with E-state index >= 15 is 0 Å². The molecular weight excluding hydrogens is 386 g/mol. The summed E-state index contributed by atoms with van der Waals surface area (Å²) in [6, 6.07) is 8.71. The molecule has 0 aliphatic rings. The predicted molar refractivity (Wildman–Crippen MR) is 102 cm³/mol. The van der Waals surface area contributed by atoms with Gasteiger partial charge in [0.15, 0.2) is 0 Å². The van der Waals surface area contributed by atoms with Crippen LogP contribution in [0.2, 0.25) is 0 Å². The molecule has 0 saturated carbocycles. The van der Waals surface area contributed by atoms with E-state index in [4.69, 9.17) is 0 Å². The van der Waals surface area contributed by atoms with Crippen molar-refractivity contribution in [1.82, 2.24) is 15.6 Å². The molecule has 0 fully saturated rings. The van der Waals surface area contributed by atoms with Crippen molar-refractivity contribution in [2.75, 3.05) is 13.1 Å². The number of carbonyl (C=O) groups excluding carboxylic acids is 1. The lowest BCUT2D eigenvalue weighted by Gasteiger charge is -2.06. The largest absolute Gasteiger partial charge is 0.416 e. The number of aromatic nitrogens is 1. The first-order valence-corrected chi connectivity index (χ1v) is 8.76. The van der Waals surface area contributed by atoms with Gasteiger partial charge in [-0.25, -0.2) is 9.18 Å². The summed E-state index contributed by atoms with van der Waals surface area (Å²) < 4.78 is 51.1. The van der Waals surface area contributed by atoms with Crippen molar-refractivity contribution in [1.29, 1.82) is 0 Å². The number of aromatic amines is 1. The van der Waals surface area contributed by atoms with Crippen LogP contribution in [0.4, 0.5) is 22.4 Å². The van der Waals surface area contributed by atoms with Gasteiger partial charge in [-0.05, 0) is 48.4 Å². The second-order valence-corrected chi connectivity index (χ2v) is 6.24. The Morgan fingerprint density at radius 3 is 2.72 bits per heavy atom. The Morgan fingerprint density at radius 2 is 1.93 bits per heavy atom. The lowest BCUT2D eigenvalue weighted by atomic mass is 10.1. The van der Waals surface area contributed by atoms with Gasteiger partial charge >= 0.3 is 12.2 Å². The third-order valence-corrected chi connectivity index (χ3v) is 4.17. The molecule has 0 atom stereocenters. The molecule has 2 aromatic carbocycles. The number of alkyl halides is 3. The molecule has 0 bridgehead atoms. The van der Waals surface area contributed by atoms with Crippen LogP contribution in [-0.4, -0.2) is 24.1 Å². The van der Waals surface area contributed by atoms with Gasteiger partial charge in [-0.2, -0.15) is 13.2 Å². The van der Waals surface area contributed by atoms with Crippen LogP contribution >= 0.6 is 0 Å². The molecule has 3 aromatic rings. The summed E-state index contributed by atoms with van der Waals surface area (Å²) in [5.74, 6) is 4.88. The van der Waals surface area contributed by atoms with Crippen LogP contribution in [0.25, 0.3) is 10.9 Å². The number of H-pyrrole nitrogens is 1. The first kappa shape index (κ1) is 20.3. The maximum Gasteiger partial charge on any atom is 0.416 e. The van der Waals surface area contributed by atoms with Gasteiger partial charge in [0.1, 0.15) is 5.82 Å². The molecule has 0 saturated heterocycles. The third kappa shape index (κ3) is 5.51. The smallest absolute Gasteiger partial charge is 0.361 e. The number of carbonyl (C=O) groups is 1. The average molecular weight is 403 g/mol. The summed E-state index contributed by atoms with van der Waals surface area (Å²) in [4.78, 5) is 14.8. The van der Waals surface area contributed by atoms with E-state index in [9.17, 15) is 22.4 Å². The number of amides is 2. The van der Waals surface area contributed by atoms with Gasteiger partial charge in [0.2, 0.25) is 0 Å². The molecule has 0 aliphatic heterocycles. The first-order chi connectivity index (χ1) is 13.8. The molecule has 0 radical (unpaired) electrons. The molecule has 29 heavy (non-hydrogen) atoms. The van der Waals surface area contributed by atoms with E-state index in [-0.39, 0.29) is 17.9 Å². The number of urea groups is 1. The van der Waals surface area contributed by atoms with Gasteiger partial charge in [0, 0.05) is 29.2 Å². The van der Waals surface area contributed by atoms with Crippen LogP contribution in [-0.2, 0) is 12.6 Å². The maximum absolute atomic E-state index is 13.2. The quantitative estimate of drug-likeness (QED) is 0.444. The van der Waals surface area contributed by atoms with Crippen LogP contribution < -0.4 is 10.6 Å². The van der Waals surface area contributed by atoms with Crippen molar-refractivity contribution in [2.45, 2.75) is 12.6 Å². The molecule has 3 rings (SSSR count). The molecule has 8 heteroatoms. The van der Waals surface area contributed by atoms with E-state index in [1.807, 2.05) is 0 Å². The molecule has 2 amide bonds. The monoisotopic (exact) mass is 403 g/mol. The number of benzene rings is 2. The fourth-order valence-corrected chi connectivity index (χ4v) is 2.78. The number of nitrogens with one attached hydrogen (secondary N) is 3. The van der Waals surface area contributed by atoms with E-state index in [2.05, 4.69) is 27.5 Å². The van der Waals surface area contributed by atoms with E-state index in [0.717, 1.165) is 23.1 Å². The Morgan fingerprint density at radius 1 is 1.10 bits per heavy atom. The summed E-state index contributed by atoms with van der Waals surface area (Å²) in [6.45, 7) is 0.353. The lowest BCUT2D eigenvalue weighted by molar-refractivity contribution is -0.137. The zero-order valence-electron chi connectivity index (χ0n) is 15.2. The summed E-state index contributed by atoms with van der Waals surface area (Å²) in [5.41, 5.74) is 1.09. The highest BCUT2D eigenvalue weighted by atomic mass is 19.4. The van der Waals surface area contributed by atoms with Crippen LogP contribution in [0.15, 0.2) is 48.7 Å². The van der Waals surface area contributed by atoms with E-state index in [1.54, 1.807) is 12.3 Å². The van der Waals surface area contributed by atoms with E-state index < -0.39 is 17.8 Å². The van der Waals surface area contributed by atoms with Crippen molar-refractivity contribution in [3.63, 3.8) is 0 Å². The minimum atomic E-state index is -4.42. The second kappa shape index (κ2) is 8.69. The van der Waals surface area contributed by atoms with Gasteiger partial charge in [0.05, 0.1) is 12.1 Å². The average Bonchev–Trinajstić information content (AvgIpc) is 3.07.